The zero-order valence-corrected chi connectivity index (χ0v) is 13.0. The van der Waals surface area contributed by atoms with Crippen LogP contribution in [0.25, 0.3) is 0 Å². The fraction of sp³-hybridized carbons (Fsp3) is 1.00. The van der Waals surface area contributed by atoms with Crippen LogP contribution < -0.4 is 11.3 Å². The summed E-state index contributed by atoms with van der Waals surface area (Å²) in [6.07, 6.45) is 14.1. The highest BCUT2D eigenvalue weighted by molar-refractivity contribution is 4.87. The molecule has 0 heterocycles. The van der Waals surface area contributed by atoms with Crippen molar-refractivity contribution in [2.24, 2.45) is 29.5 Å². The second-order valence-electron chi connectivity index (χ2n) is 7.07. The van der Waals surface area contributed by atoms with Crippen LogP contribution in [0.2, 0.25) is 0 Å². The third kappa shape index (κ3) is 3.95. The smallest absolute Gasteiger partial charge is 0.0267 e. The van der Waals surface area contributed by atoms with Crippen LogP contribution in [-0.2, 0) is 0 Å². The van der Waals surface area contributed by atoms with Gasteiger partial charge >= 0.3 is 0 Å². The molecule has 0 aromatic rings. The number of nitrogens with two attached hydrogens (primary N) is 1. The van der Waals surface area contributed by atoms with Gasteiger partial charge in [0.2, 0.25) is 0 Å². The average molecular weight is 266 g/mol. The molecule has 2 aliphatic rings. The summed E-state index contributed by atoms with van der Waals surface area (Å²) < 4.78 is 0. The van der Waals surface area contributed by atoms with E-state index in [-0.39, 0.29) is 0 Å². The number of hydrazine groups is 1. The molecule has 0 atom stereocenters. The first-order chi connectivity index (χ1) is 9.28. The summed E-state index contributed by atoms with van der Waals surface area (Å²) in [5.74, 6) is 9.59. The van der Waals surface area contributed by atoms with E-state index >= 15 is 0 Å². The van der Waals surface area contributed by atoms with Gasteiger partial charge in [0.25, 0.3) is 0 Å². The Labute approximate surface area is 119 Å². The Hall–Kier alpha value is -0.0800. The molecule has 0 unspecified atom stereocenters. The summed E-state index contributed by atoms with van der Waals surface area (Å²) in [6, 6.07) is 0.593. The van der Waals surface area contributed by atoms with Crippen LogP contribution in [0.15, 0.2) is 0 Å². The van der Waals surface area contributed by atoms with Crippen LogP contribution in [0, 0.1) is 23.7 Å². The molecule has 0 bridgehead atoms. The van der Waals surface area contributed by atoms with Crippen molar-refractivity contribution in [2.45, 2.75) is 84.1 Å². The predicted molar refractivity (Wildman–Crippen MR) is 82.6 cm³/mol. The predicted octanol–water partition coefficient (Wildman–Crippen LogP) is 4.25. The van der Waals surface area contributed by atoms with Crippen molar-refractivity contribution in [2.75, 3.05) is 0 Å². The molecule has 2 nitrogen and oxygen atoms in total. The van der Waals surface area contributed by atoms with Crippen molar-refractivity contribution in [3.05, 3.63) is 0 Å². The van der Waals surface area contributed by atoms with E-state index in [1.165, 1.54) is 64.2 Å². The quantitative estimate of drug-likeness (QED) is 0.576. The van der Waals surface area contributed by atoms with E-state index in [1.807, 2.05) is 0 Å². The molecule has 112 valence electrons. The van der Waals surface area contributed by atoms with Crippen LogP contribution in [0.3, 0.4) is 0 Å². The molecule has 2 fully saturated rings. The van der Waals surface area contributed by atoms with E-state index in [0.29, 0.717) is 6.04 Å². The zero-order valence-electron chi connectivity index (χ0n) is 13.0. The molecular weight excluding hydrogens is 232 g/mol. The standard InChI is InChI=1S/C17H34N2/c1-3-13-5-9-15(10-6-13)17(19-18)16-11-7-14(4-2)8-12-16/h13-17,19H,3-12,18H2,1-2H3. The molecule has 2 saturated carbocycles. The maximum Gasteiger partial charge on any atom is 0.0267 e. The molecule has 3 N–H and O–H groups in total. The van der Waals surface area contributed by atoms with Gasteiger partial charge in [0.1, 0.15) is 0 Å². The van der Waals surface area contributed by atoms with E-state index in [1.54, 1.807) is 0 Å². The number of nitrogens with one attached hydrogen (secondary N) is 1. The number of hydrogen-bond acceptors (Lipinski definition) is 2. The minimum atomic E-state index is 0.593. The highest BCUT2D eigenvalue weighted by atomic mass is 15.2. The lowest BCUT2D eigenvalue weighted by Crippen LogP contribution is -2.48. The highest BCUT2D eigenvalue weighted by Gasteiger charge is 2.33. The summed E-state index contributed by atoms with van der Waals surface area (Å²) in [6.45, 7) is 4.69. The zero-order chi connectivity index (χ0) is 13.7. The fourth-order valence-electron chi connectivity index (χ4n) is 4.57. The second-order valence-corrected chi connectivity index (χ2v) is 7.07. The minimum Gasteiger partial charge on any atom is -0.271 e. The molecule has 0 aliphatic heterocycles. The molecule has 0 aromatic heterocycles. The molecule has 2 rings (SSSR count). The van der Waals surface area contributed by atoms with E-state index in [2.05, 4.69) is 19.3 Å². The van der Waals surface area contributed by atoms with Crippen molar-refractivity contribution >= 4 is 0 Å². The molecule has 19 heavy (non-hydrogen) atoms. The number of hydrogen-bond donors (Lipinski definition) is 2. The van der Waals surface area contributed by atoms with Crippen LogP contribution in [0.1, 0.15) is 78.1 Å². The fourth-order valence-corrected chi connectivity index (χ4v) is 4.57. The topological polar surface area (TPSA) is 38.0 Å². The maximum absolute atomic E-state index is 5.92. The summed E-state index contributed by atoms with van der Waals surface area (Å²) in [4.78, 5) is 0. The summed E-state index contributed by atoms with van der Waals surface area (Å²) in [5, 5.41) is 0. The van der Waals surface area contributed by atoms with E-state index in [4.69, 9.17) is 5.84 Å². The van der Waals surface area contributed by atoms with Crippen LogP contribution >= 0.6 is 0 Å². The van der Waals surface area contributed by atoms with Crippen molar-refractivity contribution in [1.82, 2.24) is 5.43 Å². The van der Waals surface area contributed by atoms with Gasteiger partial charge in [-0.25, -0.2) is 0 Å². The molecule has 0 saturated heterocycles. The average Bonchev–Trinajstić information content (AvgIpc) is 2.49. The third-order valence-corrected chi connectivity index (χ3v) is 6.15. The van der Waals surface area contributed by atoms with E-state index in [9.17, 15) is 0 Å². The van der Waals surface area contributed by atoms with Gasteiger partial charge in [-0.1, -0.05) is 52.4 Å². The van der Waals surface area contributed by atoms with Crippen LogP contribution in [0.4, 0.5) is 0 Å². The Bertz CT molecular complexity index is 214. The lowest BCUT2D eigenvalue weighted by atomic mass is 9.70. The first kappa shape index (κ1) is 15.3. The van der Waals surface area contributed by atoms with Gasteiger partial charge in [-0.05, 0) is 49.4 Å². The van der Waals surface area contributed by atoms with Crippen LogP contribution in [-0.4, -0.2) is 6.04 Å². The molecule has 0 amide bonds. The minimum absolute atomic E-state index is 0.593. The lowest BCUT2D eigenvalue weighted by Gasteiger charge is -2.40. The van der Waals surface area contributed by atoms with Gasteiger partial charge < -0.3 is 0 Å². The molecule has 2 aliphatic carbocycles. The van der Waals surface area contributed by atoms with Crippen molar-refractivity contribution in [1.29, 1.82) is 0 Å². The van der Waals surface area contributed by atoms with Crippen molar-refractivity contribution in [3.8, 4) is 0 Å². The third-order valence-electron chi connectivity index (χ3n) is 6.15. The molecule has 0 radical (unpaired) electrons. The Morgan fingerprint density at radius 1 is 0.789 bits per heavy atom. The molecular formula is C17H34N2. The molecule has 0 spiro atoms. The highest BCUT2D eigenvalue weighted by Crippen LogP contribution is 2.39. The Kier molecular flexibility index (Phi) is 6.15. The number of rotatable bonds is 5. The molecule has 0 aromatic carbocycles. The van der Waals surface area contributed by atoms with E-state index in [0.717, 1.165) is 23.7 Å². The van der Waals surface area contributed by atoms with Crippen molar-refractivity contribution < 1.29 is 0 Å². The van der Waals surface area contributed by atoms with Gasteiger partial charge in [0.15, 0.2) is 0 Å². The lowest BCUT2D eigenvalue weighted by molar-refractivity contribution is 0.136. The first-order valence-corrected chi connectivity index (χ1v) is 8.74. The summed E-state index contributed by atoms with van der Waals surface area (Å²) in [5.41, 5.74) is 3.21. The Morgan fingerprint density at radius 2 is 1.16 bits per heavy atom. The first-order valence-electron chi connectivity index (χ1n) is 8.74. The van der Waals surface area contributed by atoms with E-state index < -0.39 is 0 Å². The van der Waals surface area contributed by atoms with Gasteiger partial charge in [-0.2, -0.15) is 0 Å². The normalized spacial score (nSPS) is 38.1. The van der Waals surface area contributed by atoms with Gasteiger partial charge in [-0.15, -0.1) is 0 Å². The monoisotopic (exact) mass is 266 g/mol. The van der Waals surface area contributed by atoms with Crippen LogP contribution in [0.5, 0.6) is 0 Å². The largest absolute Gasteiger partial charge is 0.271 e. The summed E-state index contributed by atoms with van der Waals surface area (Å²) >= 11 is 0. The Balaban J connectivity index is 1.83. The van der Waals surface area contributed by atoms with Crippen molar-refractivity contribution in [3.63, 3.8) is 0 Å². The SMILES string of the molecule is CCC1CCC(C(NN)C2CCC(CC)CC2)CC1. The van der Waals surface area contributed by atoms with Gasteiger partial charge in [-0.3, -0.25) is 11.3 Å². The summed E-state index contributed by atoms with van der Waals surface area (Å²) in [7, 11) is 0. The maximum atomic E-state index is 5.92. The Morgan fingerprint density at radius 3 is 1.42 bits per heavy atom. The molecule has 2 heteroatoms. The van der Waals surface area contributed by atoms with Gasteiger partial charge in [0.05, 0.1) is 0 Å². The van der Waals surface area contributed by atoms with Gasteiger partial charge in [0, 0.05) is 6.04 Å². The second kappa shape index (κ2) is 7.64.